The Labute approximate surface area is 275 Å². The molecule has 262 valence electrons. The van der Waals surface area contributed by atoms with E-state index in [9.17, 15) is 15.0 Å². The molecule has 3 aliphatic rings. The van der Waals surface area contributed by atoms with Crippen LogP contribution in [0.25, 0.3) is 0 Å². The lowest BCUT2D eigenvalue weighted by molar-refractivity contribution is -0.147. The molecule has 3 rings (SSSR count). The molecule has 7 nitrogen and oxygen atoms in total. The number of hydrogen-bond acceptors (Lipinski definition) is 7. The third-order valence-corrected chi connectivity index (χ3v) is 9.93. The Bertz CT molecular complexity index is 842. The molecule has 2 unspecified atom stereocenters. The number of aliphatic hydroxyl groups excluding tert-OH is 2. The summed E-state index contributed by atoms with van der Waals surface area (Å²) >= 11 is 0. The first kappa shape index (κ1) is 38.5. The van der Waals surface area contributed by atoms with E-state index in [1.54, 1.807) is 0 Å². The first-order valence-electron chi connectivity index (χ1n) is 19.0. The Morgan fingerprint density at radius 3 is 1.93 bits per heavy atom. The van der Waals surface area contributed by atoms with Crippen LogP contribution in [-0.4, -0.2) is 64.7 Å². The summed E-state index contributed by atoms with van der Waals surface area (Å²) in [5, 5.41) is 20.9. The number of aliphatic hydroxyl groups is 2. The van der Waals surface area contributed by atoms with Crippen molar-refractivity contribution in [2.75, 3.05) is 0 Å². The van der Waals surface area contributed by atoms with E-state index in [2.05, 4.69) is 6.92 Å². The van der Waals surface area contributed by atoms with Crippen molar-refractivity contribution in [1.82, 2.24) is 0 Å². The molecule has 45 heavy (non-hydrogen) atoms. The summed E-state index contributed by atoms with van der Waals surface area (Å²) in [5.41, 5.74) is 0.629. The molecule has 0 bridgehead atoms. The Balaban J connectivity index is 1.07. The summed E-state index contributed by atoms with van der Waals surface area (Å²) < 4.78 is 23.6. The number of rotatable bonds is 25. The van der Waals surface area contributed by atoms with Gasteiger partial charge in [-0.25, -0.2) is 4.79 Å². The van der Waals surface area contributed by atoms with E-state index in [0.29, 0.717) is 18.1 Å². The van der Waals surface area contributed by atoms with E-state index in [1.165, 1.54) is 70.6 Å². The van der Waals surface area contributed by atoms with Gasteiger partial charge in [0.25, 0.3) is 0 Å². The van der Waals surface area contributed by atoms with Gasteiger partial charge in [-0.05, 0) is 71.8 Å². The molecule has 3 heterocycles. The Hall–Kier alpha value is -0.990. The topological polar surface area (TPSA) is 94.5 Å². The normalized spacial score (nSPS) is 27.6. The van der Waals surface area contributed by atoms with Gasteiger partial charge < -0.3 is 29.2 Å². The maximum atomic E-state index is 11.7. The zero-order valence-electron chi connectivity index (χ0n) is 29.3. The number of cyclic esters (lactones) is 1. The second-order valence-electron chi connectivity index (χ2n) is 14.7. The van der Waals surface area contributed by atoms with E-state index >= 15 is 0 Å². The molecule has 0 amide bonds. The van der Waals surface area contributed by atoms with E-state index in [4.69, 9.17) is 18.9 Å². The molecular weight excluding hydrogens is 568 g/mol. The van der Waals surface area contributed by atoms with E-state index in [-0.39, 0.29) is 36.5 Å². The number of hydrogen-bond donors (Lipinski definition) is 2. The third kappa shape index (κ3) is 15.2. The lowest BCUT2D eigenvalue weighted by atomic mass is 10.00. The Morgan fingerprint density at radius 2 is 1.33 bits per heavy atom. The van der Waals surface area contributed by atoms with Gasteiger partial charge in [0.1, 0.15) is 6.10 Å². The highest BCUT2D eigenvalue weighted by atomic mass is 16.7. The van der Waals surface area contributed by atoms with E-state index in [1.807, 2.05) is 26.8 Å². The van der Waals surface area contributed by atoms with Crippen molar-refractivity contribution >= 4 is 5.97 Å². The van der Waals surface area contributed by atoms with Crippen molar-refractivity contribution in [1.29, 1.82) is 0 Å². The molecule has 7 atom stereocenters. The maximum absolute atomic E-state index is 11.7. The summed E-state index contributed by atoms with van der Waals surface area (Å²) in [4.78, 5) is 11.7. The molecule has 2 fully saturated rings. The maximum Gasteiger partial charge on any atom is 0.334 e. The third-order valence-electron chi connectivity index (χ3n) is 9.93. The number of esters is 1. The molecular formula is C38H68O7. The van der Waals surface area contributed by atoms with Crippen molar-refractivity contribution in [2.24, 2.45) is 0 Å². The first-order valence-corrected chi connectivity index (χ1v) is 19.0. The molecule has 0 saturated carbocycles. The smallest absolute Gasteiger partial charge is 0.334 e. The van der Waals surface area contributed by atoms with Crippen LogP contribution in [0.15, 0.2) is 11.6 Å². The lowest BCUT2D eigenvalue weighted by Crippen LogP contribution is -2.26. The largest absolute Gasteiger partial charge is 0.455 e. The Kier molecular flexibility index (Phi) is 18.0. The molecule has 7 heteroatoms. The summed E-state index contributed by atoms with van der Waals surface area (Å²) in [6.45, 7) is 8.12. The standard InChI is InChI=1S/C38H68O7/c1-5-20-35-36(45-38(3,4)44-35)24-19-15-11-10-14-18-23-33(40)34-26-25-32(43-34)22-17-13-9-7-6-8-12-16-21-31(39)28-30-27-29(2)42-37(30)41/h27,29,31-36,39-40H,5-26,28H2,1-4H3/t29-,31+,32-,33+,34+,35?,36?/m0/s1. The van der Waals surface area contributed by atoms with Crippen LogP contribution in [0.1, 0.15) is 175 Å². The average Bonchev–Trinajstić information content (AvgIpc) is 3.67. The number of carbonyl (C=O) groups is 1. The molecule has 0 aromatic carbocycles. The van der Waals surface area contributed by atoms with Gasteiger partial charge in [-0.2, -0.15) is 0 Å². The fourth-order valence-corrected chi connectivity index (χ4v) is 7.45. The molecule has 2 N–H and O–H groups in total. The average molecular weight is 637 g/mol. The van der Waals surface area contributed by atoms with Gasteiger partial charge in [0.15, 0.2) is 5.79 Å². The van der Waals surface area contributed by atoms with Crippen LogP contribution in [0.3, 0.4) is 0 Å². The summed E-state index contributed by atoms with van der Waals surface area (Å²) in [6, 6.07) is 0. The molecule has 0 aliphatic carbocycles. The molecule has 3 aliphatic heterocycles. The van der Waals surface area contributed by atoms with Gasteiger partial charge in [-0.3, -0.25) is 0 Å². The van der Waals surface area contributed by atoms with Gasteiger partial charge in [0.05, 0.1) is 36.6 Å². The predicted octanol–water partition coefficient (Wildman–Crippen LogP) is 8.86. The monoisotopic (exact) mass is 636 g/mol. The van der Waals surface area contributed by atoms with Crippen LogP contribution in [0.2, 0.25) is 0 Å². The van der Waals surface area contributed by atoms with Crippen LogP contribution in [0, 0.1) is 0 Å². The van der Waals surface area contributed by atoms with Crippen molar-refractivity contribution in [3.8, 4) is 0 Å². The number of unbranched alkanes of at least 4 members (excludes halogenated alkanes) is 12. The molecule has 0 aromatic heterocycles. The molecule has 0 radical (unpaired) electrons. The molecule has 0 spiro atoms. The zero-order chi connectivity index (χ0) is 32.5. The quantitative estimate of drug-likeness (QED) is 0.0764. The van der Waals surface area contributed by atoms with Crippen molar-refractivity contribution in [2.45, 2.75) is 224 Å². The highest BCUT2D eigenvalue weighted by Crippen LogP contribution is 2.33. The van der Waals surface area contributed by atoms with E-state index in [0.717, 1.165) is 70.6 Å². The van der Waals surface area contributed by atoms with Crippen molar-refractivity contribution < 1.29 is 34.0 Å². The van der Waals surface area contributed by atoms with Crippen LogP contribution in [0.5, 0.6) is 0 Å². The Morgan fingerprint density at radius 1 is 0.778 bits per heavy atom. The zero-order valence-corrected chi connectivity index (χ0v) is 29.3. The van der Waals surface area contributed by atoms with Gasteiger partial charge in [0, 0.05) is 12.0 Å². The highest BCUT2D eigenvalue weighted by molar-refractivity contribution is 5.90. The van der Waals surface area contributed by atoms with Gasteiger partial charge in [-0.15, -0.1) is 0 Å². The van der Waals surface area contributed by atoms with Crippen LogP contribution >= 0.6 is 0 Å². The minimum atomic E-state index is -0.446. The minimum absolute atomic E-state index is 0.0368. The number of ether oxygens (including phenoxy) is 4. The predicted molar refractivity (Wildman–Crippen MR) is 180 cm³/mol. The lowest BCUT2D eigenvalue weighted by Gasteiger charge is -2.19. The highest BCUT2D eigenvalue weighted by Gasteiger charge is 2.40. The fourth-order valence-electron chi connectivity index (χ4n) is 7.45. The van der Waals surface area contributed by atoms with Crippen LogP contribution < -0.4 is 0 Å². The summed E-state index contributed by atoms with van der Waals surface area (Å²) in [7, 11) is 0. The van der Waals surface area contributed by atoms with Crippen molar-refractivity contribution in [3.63, 3.8) is 0 Å². The second-order valence-corrected chi connectivity index (χ2v) is 14.7. The van der Waals surface area contributed by atoms with Crippen LogP contribution in [-0.2, 0) is 23.7 Å². The molecule has 2 saturated heterocycles. The minimum Gasteiger partial charge on any atom is -0.455 e. The van der Waals surface area contributed by atoms with Crippen molar-refractivity contribution in [3.05, 3.63) is 11.6 Å². The van der Waals surface area contributed by atoms with Gasteiger partial charge in [-0.1, -0.05) is 103 Å². The number of carbonyl (C=O) groups excluding carboxylic acids is 1. The van der Waals surface area contributed by atoms with E-state index < -0.39 is 11.9 Å². The second kappa shape index (κ2) is 21.1. The van der Waals surface area contributed by atoms with Gasteiger partial charge in [0.2, 0.25) is 0 Å². The molecule has 0 aromatic rings. The fraction of sp³-hybridized carbons (Fsp3) is 0.921. The summed E-state index contributed by atoms with van der Waals surface area (Å²) in [5.74, 6) is -0.702. The SMILES string of the molecule is CCCC1OC(C)(C)OC1CCCCCCCC[C@@H](O)[C@H]1CC[C@H](CCCCCCCCCC[C@@H](O)CC2=C[C@H](C)OC2=O)O1. The van der Waals surface area contributed by atoms with Gasteiger partial charge >= 0.3 is 5.97 Å². The van der Waals surface area contributed by atoms with Crippen LogP contribution in [0.4, 0.5) is 0 Å². The summed E-state index contributed by atoms with van der Waals surface area (Å²) in [6.07, 6.45) is 27.2. The first-order chi connectivity index (χ1) is 21.7.